The van der Waals surface area contributed by atoms with Gasteiger partial charge in [0.25, 0.3) is 0 Å². The molecule has 1 nitrogen and oxygen atoms in total. The average molecular weight is 363 g/mol. The van der Waals surface area contributed by atoms with Crippen LogP contribution in [0.25, 0.3) is 0 Å². The number of hydrogen-bond donors (Lipinski definition) is 1. The van der Waals surface area contributed by atoms with Crippen molar-refractivity contribution in [1.29, 1.82) is 0 Å². The summed E-state index contributed by atoms with van der Waals surface area (Å²) in [7, 11) is 0. The largest absolute Gasteiger partial charge is 0.320 e. The molecule has 1 unspecified atom stereocenters. The van der Waals surface area contributed by atoms with Crippen LogP contribution in [0.1, 0.15) is 22.7 Å². The van der Waals surface area contributed by atoms with Gasteiger partial charge in [-0.15, -0.1) is 0 Å². The lowest BCUT2D eigenvalue weighted by molar-refractivity contribution is 0.617. The maximum atomic E-state index is 13.4. The topological polar surface area (TPSA) is 26.0 Å². The van der Waals surface area contributed by atoms with Crippen molar-refractivity contribution in [1.82, 2.24) is 0 Å². The molecule has 1 atom stereocenters. The molecule has 0 aromatic heterocycles. The summed E-state index contributed by atoms with van der Waals surface area (Å²) in [6, 6.07) is 7.95. The highest BCUT2D eigenvalue weighted by Gasteiger charge is 2.15. The van der Waals surface area contributed by atoms with E-state index in [1.165, 1.54) is 6.07 Å². The van der Waals surface area contributed by atoms with Crippen LogP contribution in [0.4, 0.5) is 4.39 Å². The van der Waals surface area contributed by atoms with E-state index in [1.54, 1.807) is 19.1 Å². The molecular weight excluding hydrogens is 352 g/mol. The molecule has 0 saturated heterocycles. The van der Waals surface area contributed by atoms with Crippen molar-refractivity contribution < 1.29 is 4.39 Å². The molecule has 2 aromatic rings. The Bertz CT molecular complexity index is 631. The van der Waals surface area contributed by atoms with E-state index in [-0.39, 0.29) is 5.82 Å². The van der Waals surface area contributed by atoms with Crippen LogP contribution in [-0.4, -0.2) is 0 Å². The van der Waals surface area contributed by atoms with Gasteiger partial charge in [0.2, 0.25) is 0 Å². The lowest BCUT2D eigenvalue weighted by Gasteiger charge is -2.16. The lowest BCUT2D eigenvalue weighted by atomic mass is 9.98. The van der Waals surface area contributed by atoms with Gasteiger partial charge >= 0.3 is 0 Å². The molecule has 100 valence electrons. The minimum absolute atomic E-state index is 0.321. The van der Waals surface area contributed by atoms with Crippen molar-refractivity contribution in [2.45, 2.75) is 13.0 Å². The van der Waals surface area contributed by atoms with Crippen molar-refractivity contribution >= 4 is 39.1 Å². The van der Waals surface area contributed by atoms with Crippen molar-refractivity contribution in [2.75, 3.05) is 0 Å². The van der Waals surface area contributed by atoms with E-state index in [0.29, 0.717) is 21.2 Å². The Hall–Kier alpha value is -0.610. The van der Waals surface area contributed by atoms with Gasteiger partial charge in [-0.2, -0.15) is 0 Å². The molecule has 2 aromatic carbocycles. The third kappa shape index (κ3) is 3.11. The molecule has 0 aliphatic heterocycles. The zero-order chi connectivity index (χ0) is 14.2. The first-order valence-corrected chi connectivity index (χ1v) is 7.11. The van der Waals surface area contributed by atoms with Crippen LogP contribution < -0.4 is 5.73 Å². The normalized spacial score (nSPS) is 12.5. The average Bonchev–Trinajstić information content (AvgIpc) is 2.36. The van der Waals surface area contributed by atoms with Crippen molar-refractivity contribution in [2.24, 2.45) is 5.73 Å². The smallest absolute Gasteiger partial charge is 0.127 e. The van der Waals surface area contributed by atoms with E-state index in [9.17, 15) is 4.39 Å². The minimum Gasteiger partial charge on any atom is -0.320 e. The van der Waals surface area contributed by atoms with E-state index in [4.69, 9.17) is 28.9 Å². The van der Waals surface area contributed by atoms with E-state index >= 15 is 0 Å². The van der Waals surface area contributed by atoms with Crippen LogP contribution in [0.2, 0.25) is 10.0 Å². The Morgan fingerprint density at radius 2 is 1.84 bits per heavy atom. The Balaban J connectivity index is 2.46. The van der Waals surface area contributed by atoms with Crippen molar-refractivity contribution in [3.8, 4) is 0 Å². The van der Waals surface area contributed by atoms with Gasteiger partial charge in [-0.3, -0.25) is 0 Å². The van der Waals surface area contributed by atoms with Crippen LogP contribution in [0, 0.1) is 12.7 Å². The van der Waals surface area contributed by atoms with Crippen LogP contribution in [0.5, 0.6) is 0 Å². The highest BCUT2D eigenvalue weighted by atomic mass is 79.9. The van der Waals surface area contributed by atoms with E-state index < -0.39 is 6.04 Å². The Labute approximate surface area is 129 Å². The summed E-state index contributed by atoms with van der Waals surface area (Å²) in [5, 5.41) is 0.930. The first kappa shape index (κ1) is 14.8. The molecule has 2 rings (SSSR count). The highest BCUT2D eigenvalue weighted by molar-refractivity contribution is 9.10. The molecule has 0 aliphatic rings. The molecular formula is C14H11BrCl2FN. The van der Waals surface area contributed by atoms with E-state index in [2.05, 4.69) is 15.9 Å². The second-order valence-corrected chi connectivity index (χ2v) is 5.94. The molecule has 0 bridgehead atoms. The van der Waals surface area contributed by atoms with E-state index in [1.807, 2.05) is 12.1 Å². The molecule has 0 spiro atoms. The fourth-order valence-corrected chi connectivity index (χ4v) is 2.59. The first-order chi connectivity index (χ1) is 8.90. The fourth-order valence-electron chi connectivity index (χ4n) is 1.80. The zero-order valence-corrected chi connectivity index (χ0v) is 13.2. The van der Waals surface area contributed by atoms with Gasteiger partial charge in [0.05, 0.1) is 11.1 Å². The summed E-state index contributed by atoms with van der Waals surface area (Å²) in [5.41, 5.74) is 8.24. The summed E-state index contributed by atoms with van der Waals surface area (Å²) in [4.78, 5) is 0. The summed E-state index contributed by atoms with van der Waals surface area (Å²) in [6.45, 7) is 1.68. The molecule has 0 heterocycles. The molecule has 0 radical (unpaired) electrons. The van der Waals surface area contributed by atoms with Gasteiger partial charge in [0.15, 0.2) is 0 Å². The predicted molar refractivity (Wildman–Crippen MR) is 81.3 cm³/mol. The maximum absolute atomic E-state index is 13.4. The number of benzene rings is 2. The van der Waals surface area contributed by atoms with Gasteiger partial charge in [0.1, 0.15) is 5.82 Å². The van der Waals surface area contributed by atoms with Crippen molar-refractivity contribution in [3.63, 3.8) is 0 Å². The Morgan fingerprint density at radius 3 is 2.47 bits per heavy atom. The predicted octanol–water partition coefficient (Wildman–Crippen LogP) is 5.25. The van der Waals surface area contributed by atoms with Crippen molar-refractivity contribution in [3.05, 3.63) is 67.4 Å². The fraction of sp³-hybridized carbons (Fsp3) is 0.143. The van der Waals surface area contributed by atoms with Gasteiger partial charge in [-0.25, -0.2) is 4.39 Å². The number of nitrogens with two attached hydrogens (primary N) is 1. The summed E-state index contributed by atoms with van der Waals surface area (Å²) >= 11 is 15.4. The Kier molecular flexibility index (Phi) is 4.51. The monoisotopic (exact) mass is 361 g/mol. The number of rotatable bonds is 2. The number of halogens is 4. The molecule has 19 heavy (non-hydrogen) atoms. The molecule has 0 fully saturated rings. The van der Waals surface area contributed by atoms with Gasteiger partial charge in [-0.1, -0.05) is 29.3 Å². The molecule has 0 saturated carbocycles. The third-order valence-electron chi connectivity index (χ3n) is 2.92. The quantitative estimate of drug-likeness (QED) is 0.775. The second kappa shape index (κ2) is 5.80. The van der Waals surface area contributed by atoms with Gasteiger partial charge in [0, 0.05) is 9.50 Å². The van der Waals surface area contributed by atoms with Crippen LogP contribution >= 0.6 is 39.1 Å². The maximum Gasteiger partial charge on any atom is 0.127 e. The van der Waals surface area contributed by atoms with E-state index in [0.717, 1.165) is 10.0 Å². The van der Waals surface area contributed by atoms with Crippen LogP contribution in [0.15, 0.2) is 34.8 Å². The summed E-state index contributed by atoms with van der Waals surface area (Å²) in [5.74, 6) is -0.335. The second-order valence-electron chi connectivity index (χ2n) is 4.27. The molecule has 0 amide bonds. The summed E-state index contributed by atoms with van der Waals surface area (Å²) < 4.78 is 14.2. The standard InChI is InChI=1S/C14H11BrCl2FN/c1-7-4-9(12(17)6-13(7)18)14(19)8-2-3-11(16)10(15)5-8/h2-6,14H,19H2,1H3. The molecule has 2 N–H and O–H groups in total. The minimum atomic E-state index is -0.430. The zero-order valence-electron chi connectivity index (χ0n) is 10.1. The van der Waals surface area contributed by atoms with Gasteiger partial charge < -0.3 is 5.73 Å². The lowest BCUT2D eigenvalue weighted by Crippen LogP contribution is -2.13. The van der Waals surface area contributed by atoms with Gasteiger partial charge in [-0.05, 0) is 63.8 Å². The summed E-state index contributed by atoms with van der Waals surface area (Å²) in [6.07, 6.45) is 0. The SMILES string of the molecule is Cc1cc(C(N)c2ccc(Cl)c(Br)c2)c(Cl)cc1F. The highest BCUT2D eigenvalue weighted by Crippen LogP contribution is 2.32. The number of aryl methyl sites for hydroxylation is 1. The number of hydrogen-bond acceptors (Lipinski definition) is 1. The van der Waals surface area contributed by atoms with Crippen LogP contribution in [-0.2, 0) is 0 Å². The molecule has 0 aliphatic carbocycles. The third-order valence-corrected chi connectivity index (χ3v) is 4.46. The van der Waals surface area contributed by atoms with Crippen LogP contribution in [0.3, 0.4) is 0 Å². The Morgan fingerprint density at radius 1 is 1.16 bits per heavy atom. The molecule has 5 heteroatoms. The first-order valence-electron chi connectivity index (χ1n) is 5.56.